The molecule has 0 amide bonds. The first-order valence-corrected chi connectivity index (χ1v) is 7.08. The van der Waals surface area contributed by atoms with Gasteiger partial charge in [0.05, 0.1) is 6.54 Å². The van der Waals surface area contributed by atoms with Gasteiger partial charge in [-0.3, -0.25) is 9.69 Å². The van der Waals surface area contributed by atoms with Crippen LogP contribution in [0.15, 0.2) is 24.3 Å². The van der Waals surface area contributed by atoms with Crippen LogP contribution in [-0.4, -0.2) is 30.3 Å². The predicted molar refractivity (Wildman–Crippen MR) is 75.2 cm³/mol. The zero-order valence-corrected chi connectivity index (χ0v) is 11.6. The fourth-order valence-electron chi connectivity index (χ4n) is 2.56. The minimum absolute atomic E-state index is 0.198. The van der Waals surface area contributed by atoms with Crippen LogP contribution in [0.3, 0.4) is 0 Å². The van der Waals surface area contributed by atoms with Crippen molar-refractivity contribution in [2.24, 2.45) is 5.92 Å². The molecular weight excluding hydrogens is 246 g/mol. The van der Waals surface area contributed by atoms with Crippen molar-refractivity contribution >= 4 is 17.4 Å². The molecular formula is C15H20ClNO. The topological polar surface area (TPSA) is 20.3 Å². The van der Waals surface area contributed by atoms with Crippen LogP contribution in [0.2, 0.25) is 5.02 Å². The first-order chi connectivity index (χ1) is 8.69. The van der Waals surface area contributed by atoms with Crippen molar-refractivity contribution in [1.82, 2.24) is 4.90 Å². The summed E-state index contributed by atoms with van der Waals surface area (Å²) in [4.78, 5) is 14.4. The van der Waals surface area contributed by atoms with E-state index in [1.807, 2.05) is 12.1 Å². The number of likely N-dealkylation sites (tertiary alicyclic amines) is 1. The number of nitrogens with zero attached hydrogens (tertiary/aromatic N) is 1. The van der Waals surface area contributed by atoms with Gasteiger partial charge in [-0.15, -0.1) is 0 Å². The number of carbonyl (C=O) groups excluding carboxylic acids is 1. The van der Waals surface area contributed by atoms with Crippen molar-refractivity contribution in [2.75, 3.05) is 19.6 Å². The van der Waals surface area contributed by atoms with Crippen LogP contribution >= 0.6 is 11.6 Å². The van der Waals surface area contributed by atoms with Gasteiger partial charge < -0.3 is 0 Å². The molecule has 1 atom stereocenters. The van der Waals surface area contributed by atoms with Crippen molar-refractivity contribution in [2.45, 2.75) is 26.2 Å². The van der Waals surface area contributed by atoms with Gasteiger partial charge >= 0.3 is 0 Å². The highest BCUT2D eigenvalue weighted by atomic mass is 35.5. The Morgan fingerprint density at radius 2 is 2.11 bits per heavy atom. The Morgan fingerprint density at radius 3 is 2.78 bits per heavy atom. The van der Waals surface area contributed by atoms with Gasteiger partial charge in [0.1, 0.15) is 0 Å². The van der Waals surface area contributed by atoms with Gasteiger partial charge in [0.25, 0.3) is 0 Å². The summed E-state index contributed by atoms with van der Waals surface area (Å²) in [6.45, 7) is 4.89. The van der Waals surface area contributed by atoms with E-state index in [4.69, 9.17) is 11.6 Å². The lowest BCUT2D eigenvalue weighted by Gasteiger charge is -2.31. The summed E-state index contributed by atoms with van der Waals surface area (Å²) < 4.78 is 0. The van der Waals surface area contributed by atoms with Crippen LogP contribution in [-0.2, 0) is 0 Å². The van der Waals surface area contributed by atoms with Crippen LogP contribution in [0.5, 0.6) is 0 Å². The number of piperidine rings is 1. The largest absolute Gasteiger partial charge is 0.296 e. The SMILES string of the molecule is CCC1CCCN(CC(=O)c2ccc(Cl)cc2)C1. The normalized spacial score (nSPS) is 20.9. The molecule has 0 N–H and O–H groups in total. The maximum absolute atomic E-state index is 12.1. The average Bonchev–Trinajstić information content (AvgIpc) is 2.39. The van der Waals surface area contributed by atoms with E-state index in [9.17, 15) is 4.79 Å². The maximum atomic E-state index is 12.1. The highest BCUT2D eigenvalue weighted by Gasteiger charge is 2.20. The van der Waals surface area contributed by atoms with Crippen LogP contribution in [0.1, 0.15) is 36.5 Å². The smallest absolute Gasteiger partial charge is 0.176 e. The molecule has 1 aliphatic heterocycles. The zero-order chi connectivity index (χ0) is 13.0. The second-order valence-corrected chi connectivity index (χ2v) is 5.52. The number of ketones is 1. The van der Waals surface area contributed by atoms with Gasteiger partial charge in [-0.1, -0.05) is 24.9 Å². The van der Waals surface area contributed by atoms with E-state index in [0.717, 1.165) is 24.6 Å². The van der Waals surface area contributed by atoms with E-state index in [0.29, 0.717) is 11.6 Å². The monoisotopic (exact) mass is 265 g/mol. The number of rotatable bonds is 4. The lowest BCUT2D eigenvalue weighted by Crippen LogP contribution is -2.38. The molecule has 1 unspecified atom stereocenters. The molecule has 18 heavy (non-hydrogen) atoms. The van der Waals surface area contributed by atoms with Crippen molar-refractivity contribution in [3.05, 3.63) is 34.9 Å². The summed E-state index contributed by atoms with van der Waals surface area (Å²) in [6.07, 6.45) is 3.74. The Hall–Kier alpha value is -0.860. The quantitative estimate of drug-likeness (QED) is 0.775. The molecule has 3 heteroatoms. The average molecular weight is 266 g/mol. The van der Waals surface area contributed by atoms with Gasteiger partial charge in [0, 0.05) is 17.1 Å². The molecule has 2 rings (SSSR count). The highest BCUT2D eigenvalue weighted by Crippen LogP contribution is 2.19. The summed E-state index contributed by atoms with van der Waals surface area (Å²) in [5.74, 6) is 0.959. The second kappa shape index (κ2) is 6.35. The molecule has 0 saturated carbocycles. The van der Waals surface area contributed by atoms with Gasteiger partial charge in [0.15, 0.2) is 5.78 Å². The third-order valence-corrected chi connectivity index (χ3v) is 3.97. The van der Waals surface area contributed by atoms with Gasteiger partial charge in [-0.05, 0) is 49.6 Å². The molecule has 98 valence electrons. The first-order valence-electron chi connectivity index (χ1n) is 6.70. The number of halogens is 1. The fraction of sp³-hybridized carbons (Fsp3) is 0.533. The summed E-state index contributed by atoms with van der Waals surface area (Å²) >= 11 is 5.82. The molecule has 1 aromatic carbocycles. The Bertz CT molecular complexity index is 401. The molecule has 1 aromatic rings. The third kappa shape index (κ3) is 3.56. The zero-order valence-electron chi connectivity index (χ0n) is 10.9. The number of carbonyl (C=O) groups is 1. The lowest BCUT2D eigenvalue weighted by atomic mass is 9.95. The molecule has 0 aromatic heterocycles. The molecule has 0 bridgehead atoms. The Balaban J connectivity index is 1.92. The molecule has 0 aliphatic carbocycles. The highest BCUT2D eigenvalue weighted by molar-refractivity contribution is 6.30. The fourth-order valence-corrected chi connectivity index (χ4v) is 2.68. The van der Waals surface area contributed by atoms with Crippen molar-refractivity contribution in [3.8, 4) is 0 Å². The van der Waals surface area contributed by atoms with E-state index in [-0.39, 0.29) is 5.78 Å². The molecule has 2 nitrogen and oxygen atoms in total. The minimum Gasteiger partial charge on any atom is -0.296 e. The van der Waals surface area contributed by atoms with Gasteiger partial charge in [-0.2, -0.15) is 0 Å². The summed E-state index contributed by atoms with van der Waals surface area (Å²) in [7, 11) is 0. The van der Waals surface area contributed by atoms with Gasteiger partial charge in [0.2, 0.25) is 0 Å². The van der Waals surface area contributed by atoms with E-state index < -0.39 is 0 Å². The molecule has 0 radical (unpaired) electrons. The van der Waals surface area contributed by atoms with Crippen molar-refractivity contribution < 1.29 is 4.79 Å². The Labute approximate surface area is 114 Å². The number of Topliss-reactive ketones (excluding diaryl/α,β-unsaturated/α-hetero) is 1. The molecule has 1 heterocycles. The van der Waals surface area contributed by atoms with Crippen LogP contribution in [0.4, 0.5) is 0 Å². The maximum Gasteiger partial charge on any atom is 0.176 e. The first kappa shape index (κ1) is 13.6. The molecule has 1 aliphatic rings. The number of hydrogen-bond acceptors (Lipinski definition) is 2. The molecule has 0 spiro atoms. The number of benzene rings is 1. The number of hydrogen-bond donors (Lipinski definition) is 0. The predicted octanol–water partition coefficient (Wildman–Crippen LogP) is 3.64. The van der Waals surface area contributed by atoms with E-state index >= 15 is 0 Å². The van der Waals surface area contributed by atoms with Crippen molar-refractivity contribution in [3.63, 3.8) is 0 Å². The Kier molecular flexibility index (Phi) is 4.79. The van der Waals surface area contributed by atoms with E-state index in [1.54, 1.807) is 12.1 Å². The van der Waals surface area contributed by atoms with Crippen LogP contribution in [0.25, 0.3) is 0 Å². The van der Waals surface area contributed by atoms with E-state index in [1.165, 1.54) is 19.3 Å². The lowest BCUT2D eigenvalue weighted by molar-refractivity contribution is 0.0884. The van der Waals surface area contributed by atoms with Crippen LogP contribution < -0.4 is 0 Å². The Morgan fingerprint density at radius 1 is 1.39 bits per heavy atom. The third-order valence-electron chi connectivity index (χ3n) is 3.71. The molecule has 1 fully saturated rings. The van der Waals surface area contributed by atoms with Crippen molar-refractivity contribution in [1.29, 1.82) is 0 Å². The second-order valence-electron chi connectivity index (χ2n) is 5.08. The minimum atomic E-state index is 0.198. The van der Waals surface area contributed by atoms with Crippen LogP contribution in [0, 0.1) is 5.92 Å². The molecule has 1 saturated heterocycles. The summed E-state index contributed by atoms with van der Waals surface area (Å²) in [6, 6.07) is 7.18. The standard InChI is InChI=1S/C15H20ClNO/c1-2-12-4-3-9-17(10-12)11-15(18)13-5-7-14(16)8-6-13/h5-8,12H,2-4,9-11H2,1H3. The summed E-state index contributed by atoms with van der Waals surface area (Å²) in [5.41, 5.74) is 0.762. The summed E-state index contributed by atoms with van der Waals surface area (Å²) in [5, 5.41) is 0.676. The van der Waals surface area contributed by atoms with E-state index in [2.05, 4.69) is 11.8 Å². The van der Waals surface area contributed by atoms with Gasteiger partial charge in [-0.25, -0.2) is 0 Å².